The Morgan fingerprint density at radius 1 is 0.625 bits per heavy atom. The van der Waals surface area contributed by atoms with Crippen LogP contribution in [0.3, 0.4) is 0 Å². The van der Waals surface area contributed by atoms with Crippen LogP contribution in [-0.2, 0) is 17.6 Å². The topological polar surface area (TPSA) is 17.1 Å². The Hall–Kier alpha value is -1.11. The van der Waals surface area contributed by atoms with E-state index >= 15 is 0 Å². The van der Waals surface area contributed by atoms with Crippen molar-refractivity contribution in [3.63, 3.8) is 0 Å². The number of rotatable bonds is 0. The van der Waals surface area contributed by atoms with Crippen LogP contribution in [0.15, 0.2) is 24.3 Å². The van der Waals surface area contributed by atoms with Gasteiger partial charge in [0.1, 0.15) is 5.78 Å². The molecule has 1 aromatic rings. The van der Waals surface area contributed by atoms with Gasteiger partial charge in [-0.1, -0.05) is 24.3 Å². The number of fused-ring (bicyclic) bond motifs is 10. The number of ketones is 1. The van der Waals surface area contributed by atoms with E-state index < -0.39 is 0 Å². The Kier molecular flexibility index (Phi) is 4.15. The lowest BCUT2D eigenvalue weighted by Gasteiger charge is -2.02. The van der Waals surface area contributed by atoms with E-state index in [1.807, 2.05) is 0 Å². The Bertz CT molecular complexity index is 304. The van der Waals surface area contributed by atoms with E-state index in [0.717, 1.165) is 51.4 Å². The second kappa shape index (κ2) is 5.83. The number of benzene rings is 1. The zero-order chi connectivity index (χ0) is 11.2. The number of hydrogen-bond acceptors (Lipinski definition) is 1. The third-order valence-corrected chi connectivity index (χ3v) is 3.37. The molecule has 0 saturated carbocycles. The van der Waals surface area contributed by atoms with Crippen molar-refractivity contribution in [2.75, 3.05) is 0 Å². The van der Waals surface area contributed by atoms with Gasteiger partial charge in [0.25, 0.3) is 0 Å². The summed E-state index contributed by atoms with van der Waals surface area (Å²) in [4.78, 5) is 11.5. The average Bonchev–Trinajstić information content (AvgIpc) is 2.34. The van der Waals surface area contributed by atoms with Gasteiger partial charge in [-0.15, -0.1) is 0 Å². The summed E-state index contributed by atoms with van der Waals surface area (Å²) in [6, 6.07) is 8.98. The molecule has 0 radical (unpaired) electrons. The van der Waals surface area contributed by atoms with E-state index in [0.29, 0.717) is 5.78 Å². The first-order chi connectivity index (χ1) is 7.84. The van der Waals surface area contributed by atoms with Gasteiger partial charge in [0, 0.05) is 12.8 Å². The van der Waals surface area contributed by atoms with Crippen LogP contribution in [-0.4, -0.2) is 5.78 Å². The van der Waals surface area contributed by atoms with Crippen LogP contribution in [0.4, 0.5) is 0 Å². The highest BCUT2D eigenvalue weighted by molar-refractivity contribution is 5.78. The summed E-state index contributed by atoms with van der Waals surface area (Å²) in [7, 11) is 0. The molecular weight excluding hydrogens is 196 g/mol. The summed E-state index contributed by atoms with van der Waals surface area (Å²) in [6.45, 7) is 0. The minimum absolute atomic E-state index is 0.461. The molecule has 0 heterocycles. The van der Waals surface area contributed by atoms with Gasteiger partial charge in [0.2, 0.25) is 0 Å². The maximum atomic E-state index is 11.5. The molecule has 0 N–H and O–H groups in total. The first-order valence-corrected chi connectivity index (χ1v) is 6.44. The van der Waals surface area contributed by atoms with Crippen LogP contribution >= 0.6 is 0 Å². The Morgan fingerprint density at radius 2 is 1.00 bits per heavy atom. The summed E-state index contributed by atoms with van der Waals surface area (Å²) in [6.07, 6.45) is 8.22. The lowest BCUT2D eigenvalue weighted by atomic mass is 10.0. The smallest absolute Gasteiger partial charge is 0.132 e. The molecule has 1 aromatic carbocycles. The SMILES string of the molecule is O=C1CCCCc2ccc(cc2)CCCC1. The molecule has 0 spiro atoms. The molecule has 0 fully saturated rings. The van der Waals surface area contributed by atoms with Gasteiger partial charge in [0.05, 0.1) is 0 Å². The van der Waals surface area contributed by atoms with Gasteiger partial charge in [-0.25, -0.2) is 0 Å². The highest BCUT2D eigenvalue weighted by atomic mass is 16.1. The van der Waals surface area contributed by atoms with Crippen LogP contribution in [0.1, 0.15) is 49.7 Å². The summed E-state index contributed by atoms with van der Waals surface area (Å²) < 4.78 is 0. The van der Waals surface area contributed by atoms with Gasteiger partial charge in [-0.05, 0) is 49.7 Å². The lowest BCUT2D eigenvalue weighted by molar-refractivity contribution is -0.119. The third-order valence-electron chi connectivity index (χ3n) is 3.37. The Labute approximate surface area is 97.9 Å². The van der Waals surface area contributed by atoms with Crippen molar-refractivity contribution in [3.05, 3.63) is 35.4 Å². The third kappa shape index (κ3) is 3.48. The van der Waals surface area contributed by atoms with Gasteiger partial charge in [-0.2, -0.15) is 0 Å². The minimum atomic E-state index is 0.461. The molecule has 0 atom stereocenters. The Balaban J connectivity index is 2.00. The summed E-state index contributed by atoms with van der Waals surface area (Å²) in [5.74, 6) is 0.461. The fraction of sp³-hybridized carbons (Fsp3) is 0.533. The molecule has 1 heteroatoms. The average molecular weight is 216 g/mol. The molecule has 0 amide bonds. The molecule has 2 bridgehead atoms. The predicted molar refractivity (Wildman–Crippen MR) is 66.6 cm³/mol. The van der Waals surface area contributed by atoms with Crippen molar-refractivity contribution in [3.8, 4) is 0 Å². The van der Waals surface area contributed by atoms with Crippen molar-refractivity contribution in [1.82, 2.24) is 0 Å². The summed E-state index contributed by atoms with van der Waals surface area (Å²) in [5, 5.41) is 0. The minimum Gasteiger partial charge on any atom is -0.300 e. The first-order valence-electron chi connectivity index (χ1n) is 6.44. The fourth-order valence-corrected chi connectivity index (χ4v) is 2.30. The van der Waals surface area contributed by atoms with Crippen molar-refractivity contribution < 1.29 is 4.79 Å². The summed E-state index contributed by atoms with van der Waals surface area (Å²) >= 11 is 0. The predicted octanol–water partition coefficient (Wildman–Crippen LogP) is 3.69. The standard InChI is InChI=1S/C15H20O/c16-15-7-3-1-5-13-9-11-14(12-10-13)6-2-4-8-15/h9-12H,1-8H2. The first kappa shape index (κ1) is 11.4. The molecule has 2 aliphatic rings. The fourth-order valence-electron chi connectivity index (χ4n) is 2.30. The molecule has 3 rings (SSSR count). The molecule has 16 heavy (non-hydrogen) atoms. The number of aryl methyl sites for hydroxylation is 2. The molecule has 2 aliphatic carbocycles. The van der Waals surface area contributed by atoms with E-state index in [4.69, 9.17) is 0 Å². The van der Waals surface area contributed by atoms with Crippen LogP contribution in [0.2, 0.25) is 0 Å². The van der Waals surface area contributed by atoms with Gasteiger partial charge in [-0.3, -0.25) is 4.79 Å². The molecule has 0 unspecified atom stereocenters. The highest BCUT2D eigenvalue weighted by Crippen LogP contribution is 2.14. The molecule has 1 nitrogen and oxygen atoms in total. The van der Waals surface area contributed by atoms with Gasteiger partial charge >= 0.3 is 0 Å². The normalized spacial score (nSPS) is 18.6. The number of carbonyl (C=O) groups is 1. The zero-order valence-electron chi connectivity index (χ0n) is 9.87. The molecular formula is C15H20O. The number of hydrogen-bond donors (Lipinski definition) is 0. The van der Waals surface area contributed by atoms with Crippen molar-refractivity contribution in [1.29, 1.82) is 0 Å². The monoisotopic (exact) mass is 216 g/mol. The number of carbonyl (C=O) groups excluding carboxylic acids is 1. The lowest BCUT2D eigenvalue weighted by Crippen LogP contribution is -1.98. The van der Waals surface area contributed by atoms with E-state index in [1.54, 1.807) is 0 Å². The second-order valence-corrected chi connectivity index (χ2v) is 4.77. The largest absolute Gasteiger partial charge is 0.300 e. The quantitative estimate of drug-likeness (QED) is 0.646. The maximum absolute atomic E-state index is 11.5. The van der Waals surface area contributed by atoms with Gasteiger partial charge < -0.3 is 0 Å². The van der Waals surface area contributed by atoms with Crippen LogP contribution < -0.4 is 0 Å². The van der Waals surface area contributed by atoms with Crippen molar-refractivity contribution in [2.45, 2.75) is 51.4 Å². The van der Waals surface area contributed by atoms with E-state index in [9.17, 15) is 4.79 Å². The molecule has 0 saturated heterocycles. The summed E-state index contributed by atoms with van der Waals surface area (Å²) in [5.41, 5.74) is 2.82. The maximum Gasteiger partial charge on any atom is 0.132 e. The van der Waals surface area contributed by atoms with E-state index in [1.165, 1.54) is 11.1 Å². The van der Waals surface area contributed by atoms with E-state index in [-0.39, 0.29) is 0 Å². The number of Topliss-reactive ketones (excluding diaryl/α,β-unsaturated/α-hetero) is 1. The molecule has 0 aliphatic heterocycles. The van der Waals surface area contributed by atoms with Crippen LogP contribution in [0.5, 0.6) is 0 Å². The zero-order valence-corrected chi connectivity index (χ0v) is 9.87. The van der Waals surface area contributed by atoms with Crippen molar-refractivity contribution >= 4 is 5.78 Å². The second-order valence-electron chi connectivity index (χ2n) is 4.77. The Morgan fingerprint density at radius 3 is 1.44 bits per heavy atom. The van der Waals surface area contributed by atoms with E-state index in [2.05, 4.69) is 24.3 Å². The van der Waals surface area contributed by atoms with Crippen molar-refractivity contribution in [2.24, 2.45) is 0 Å². The van der Waals surface area contributed by atoms with Crippen LogP contribution in [0.25, 0.3) is 0 Å². The van der Waals surface area contributed by atoms with Gasteiger partial charge in [0.15, 0.2) is 0 Å². The molecule has 0 aromatic heterocycles. The van der Waals surface area contributed by atoms with Crippen LogP contribution in [0, 0.1) is 0 Å². The molecule has 86 valence electrons. The highest BCUT2D eigenvalue weighted by Gasteiger charge is 2.04.